The van der Waals surface area contributed by atoms with E-state index in [-0.39, 0.29) is 5.02 Å². The van der Waals surface area contributed by atoms with Gasteiger partial charge in [-0.05, 0) is 58.0 Å². The van der Waals surface area contributed by atoms with Crippen molar-refractivity contribution in [3.05, 3.63) is 41.4 Å². The van der Waals surface area contributed by atoms with Crippen LogP contribution in [-0.4, -0.2) is 41.0 Å². The van der Waals surface area contributed by atoms with Gasteiger partial charge in [-0.15, -0.1) is 0 Å². The van der Waals surface area contributed by atoms with Gasteiger partial charge in [-0.2, -0.15) is 0 Å². The average molecular weight is 364 g/mol. The Hall–Kier alpha value is -1.92. The molecular weight excluding hydrogens is 341 g/mol. The highest BCUT2D eigenvalue weighted by Crippen LogP contribution is 2.25. The van der Waals surface area contributed by atoms with Gasteiger partial charge in [0.25, 0.3) is 0 Å². The van der Waals surface area contributed by atoms with Gasteiger partial charge in [-0.25, -0.2) is 14.4 Å². The van der Waals surface area contributed by atoms with E-state index in [1.54, 1.807) is 6.07 Å². The molecule has 0 spiro atoms. The van der Waals surface area contributed by atoms with Gasteiger partial charge < -0.3 is 15.5 Å². The van der Waals surface area contributed by atoms with Crippen LogP contribution < -0.4 is 10.6 Å². The smallest absolute Gasteiger partial charge is 0.141 e. The third-order valence-corrected chi connectivity index (χ3v) is 4.93. The van der Waals surface area contributed by atoms with Gasteiger partial charge in [0.15, 0.2) is 0 Å². The summed E-state index contributed by atoms with van der Waals surface area (Å²) in [5.41, 5.74) is 0.683. The zero-order valence-corrected chi connectivity index (χ0v) is 15.2. The monoisotopic (exact) mass is 363 g/mol. The van der Waals surface area contributed by atoms with E-state index in [9.17, 15) is 4.39 Å². The van der Waals surface area contributed by atoms with E-state index in [1.165, 1.54) is 31.3 Å². The normalized spacial score (nSPS) is 20.5. The van der Waals surface area contributed by atoms with E-state index in [0.29, 0.717) is 23.6 Å². The number of halogens is 2. The molecular formula is C18H23ClFN5. The van der Waals surface area contributed by atoms with Crippen molar-refractivity contribution >= 4 is 28.9 Å². The number of rotatable bonds is 5. The van der Waals surface area contributed by atoms with Gasteiger partial charge in [0.2, 0.25) is 0 Å². The lowest BCUT2D eigenvalue weighted by Crippen LogP contribution is -2.36. The standard InChI is InChI=1S/C18H23ClFN5/c1-25(2)14-6-3-12(4-7-14)23-17-10-18(22-11-21-17)24-13-5-8-16(20)15(19)9-13/h5,8-12,14H,3-4,6-7H2,1-2H3,(H2,21,22,23,24). The van der Waals surface area contributed by atoms with Crippen molar-refractivity contribution in [1.82, 2.24) is 14.9 Å². The zero-order valence-electron chi connectivity index (χ0n) is 14.5. The Balaban J connectivity index is 1.61. The maximum atomic E-state index is 13.2. The Labute approximate surface area is 152 Å². The van der Waals surface area contributed by atoms with E-state index in [0.717, 1.165) is 18.7 Å². The van der Waals surface area contributed by atoms with Crippen LogP contribution in [0.15, 0.2) is 30.6 Å². The number of anilines is 3. The minimum atomic E-state index is -0.439. The molecule has 1 saturated carbocycles. The van der Waals surface area contributed by atoms with Crippen LogP contribution in [0.2, 0.25) is 5.02 Å². The zero-order chi connectivity index (χ0) is 17.8. The van der Waals surface area contributed by atoms with Gasteiger partial charge in [0.1, 0.15) is 23.8 Å². The lowest BCUT2D eigenvalue weighted by Gasteiger charge is -2.33. The maximum Gasteiger partial charge on any atom is 0.141 e. The average Bonchev–Trinajstić information content (AvgIpc) is 2.59. The highest BCUT2D eigenvalue weighted by Gasteiger charge is 2.22. The van der Waals surface area contributed by atoms with E-state index in [4.69, 9.17) is 11.6 Å². The molecule has 2 N–H and O–H groups in total. The Kier molecular flexibility index (Phi) is 5.71. The van der Waals surface area contributed by atoms with Crippen LogP contribution in [0.4, 0.5) is 21.7 Å². The Morgan fingerprint density at radius 2 is 1.80 bits per heavy atom. The van der Waals surface area contributed by atoms with Crippen molar-refractivity contribution in [2.75, 3.05) is 24.7 Å². The fourth-order valence-electron chi connectivity index (χ4n) is 3.17. The number of aromatic nitrogens is 2. The molecule has 1 aromatic carbocycles. The van der Waals surface area contributed by atoms with Crippen molar-refractivity contribution in [1.29, 1.82) is 0 Å². The Morgan fingerprint density at radius 1 is 1.08 bits per heavy atom. The molecule has 1 fully saturated rings. The SMILES string of the molecule is CN(C)C1CCC(Nc2cc(Nc3ccc(F)c(Cl)c3)ncn2)CC1. The van der Waals surface area contributed by atoms with E-state index >= 15 is 0 Å². The largest absolute Gasteiger partial charge is 0.367 e. The Bertz CT molecular complexity index is 716. The summed E-state index contributed by atoms with van der Waals surface area (Å²) >= 11 is 5.81. The van der Waals surface area contributed by atoms with E-state index < -0.39 is 5.82 Å². The van der Waals surface area contributed by atoms with Gasteiger partial charge in [-0.3, -0.25) is 0 Å². The first kappa shape index (κ1) is 17.9. The van der Waals surface area contributed by atoms with Crippen molar-refractivity contribution < 1.29 is 4.39 Å². The first-order valence-electron chi connectivity index (χ1n) is 8.48. The molecule has 2 aromatic rings. The third kappa shape index (κ3) is 4.80. The number of benzene rings is 1. The molecule has 134 valence electrons. The Morgan fingerprint density at radius 3 is 2.48 bits per heavy atom. The molecule has 3 rings (SSSR count). The van der Waals surface area contributed by atoms with Crippen LogP contribution in [0.1, 0.15) is 25.7 Å². The van der Waals surface area contributed by atoms with Crippen LogP contribution in [-0.2, 0) is 0 Å². The molecule has 0 radical (unpaired) electrons. The molecule has 25 heavy (non-hydrogen) atoms. The fourth-order valence-corrected chi connectivity index (χ4v) is 3.35. The summed E-state index contributed by atoms with van der Waals surface area (Å²) in [6, 6.07) is 7.44. The second-order valence-electron chi connectivity index (χ2n) is 6.66. The molecule has 1 aliphatic rings. The molecule has 0 saturated heterocycles. The summed E-state index contributed by atoms with van der Waals surface area (Å²) < 4.78 is 13.2. The lowest BCUT2D eigenvalue weighted by molar-refractivity contribution is 0.221. The lowest BCUT2D eigenvalue weighted by atomic mass is 9.90. The van der Waals surface area contributed by atoms with Crippen LogP contribution in [0.5, 0.6) is 0 Å². The van der Waals surface area contributed by atoms with Crippen LogP contribution >= 0.6 is 11.6 Å². The summed E-state index contributed by atoms with van der Waals surface area (Å²) in [5.74, 6) is 0.992. The molecule has 0 aliphatic heterocycles. The van der Waals surface area contributed by atoms with Gasteiger partial charge in [-0.1, -0.05) is 11.6 Å². The van der Waals surface area contributed by atoms with Crippen molar-refractivity contribution in [3.8, 4) is 0 Å². The molecule has 0 unspecified atom stereocenters. The topological polar surface area (TPSA) is 53.1 Å². The van der Waals surface area contributed by atoms with Crippen LogP contribution in [0, 0.1) is 5.82 Å². The minimum absolute atomic E-state index is 0.0788. The summed E-state index contributed by atoms with van der Waals surface area (Å²) in [7, 11) is 4.28. The van der Waals surface area contributed by atoms with Crippen molar-refractivity contribution in [2.45, 2.75) is 37.8 Å². The molecule has 0 amide bonds. The van der Waals surface area contributed by atoms with E-state index in [1.807, 2.05) is 6.07 Å². The van der Waals surface area contributed by atoms with Crippen LogP contribution in [0.25, 0.3) is 0 Å². The molecule has 0 bridgehead atoms. The highest BCUT2D eigenvalue weighted by molar-refractivity contribution is 6.31. The third-order valence-electron chi connectivity index (χ3n) is 4.64. The second-order valence-corrected chi connectivity index (χ2v) is 7.06. The van der Waals surface area contributed by atoms with E-state index in [2.05, 4.69) is 39.6 Å². The predicted molar refractivity (Wildman–Crippen MR) is 100 cm³/mol. The van der Waals surface area contributed by atoms with Crippen molar-refractivity contribution in [2.24, 2.45) is 0 Å². The van der Waals surface area contributed by atoms with Crippen LogP contribution in [0.3, 0.4) is 0 Å². The van der Waals surface area contributed by atoms with Gasteiger partial charge >= 0.3 is 0 Å². The maximum absolute atomic E-state index is 13.2. The molecule has 1 aliphatic carbocycles. The minimum Gasteiger partial charge on any atom is -0.367 e. The summed E-state index contributed by atoms with van der Waals surface area (Å²) in [6.07, 6.45) is 6.15. The summed E-state index contributed by atoms with van der Waals surface area (Å²) in [4.78, 5) is 10.8. The molecule has 1 heterocycles. The first-order chi connectivity index (χ1) is 12.0. The molecule has 5 nitrogen and oxygen atoms in total. The quantitative estimate of drug-likeness (QED) is 0.829. The highest BCUT2D eigenvalue weighted by atomic mass is 35.5. The molecule has 1 aromatic heterocycles. The molecule has 0 atom stereocenters. The number of nitrogens with one attached hydrogen (secondary N) is 2. The molecule has 7 heteroatoms. The number of hydrogen-bond acceptors (Lipinski definition) is 5. The predicted octanol–water partition coefficient (Wildman–Crippen LogP) is 4.30. The number of hydrogen-bond donors (Lipinski definition) is 2. The number of nitrogens with zero attached hydrogens (tertiary/aromatic N) is 3. The summed E-state index contributed by atoms with van der Waals surface area (Å²) in [6.45, 7) is 0. The van der Waals surface area contributed by atoms with Gasteiger partial charge in [0, 0.05) is 23.8 Å². The summed E-state index contributed by atoms with van der Waals surface area (Å²) in [5, 5.41) is 6.69. The first-order valence-corrected chi connectivity index (χ1v) is 8.86. The second kappa shape index (κ2) is 7.97. The van der Waals surface area contributed by atoms with Crippen molar-refractivity contribution in [3.63, 3.8) is 0 Å². The fraction of sp³-hybridized carbons (Fsp3) is 0.444. The van der Waals surface area contributed by atoms with Gasteiger partial charge in [0.05, 0.1) is 5.02 Å².